The quantitative estimate of drug-likeness (QED) is 0.612. The predicted molar refractivity (Wildman–Crippen MR) is 101 cm³/mol. The maximum atomic E-state index is 12.5. The van der Waals surface area contributed by atoms with Gasteiger partial charge in [-0.05, 0) is 37.1 Å². The van der Waals surface area contributed by atoms with Crippen LogP contribution in [0.15, 0.2) is 53.0 Å². The second-order valence-corrected chi connectivity index (χ2v) is 6.95. The number of hydrogen-bond donors (Lipinski definition) is 1. The number of hydrogen-bond acceptors (Lipinski definition) is 4. The summed E-state index contributed by atoms with van der Waals surface area (Å²) in [5.74, 6) is -0.243. The van der Waals surface area contributed by atoms with E-state index in [2.05, 4.69) is 21.2 Å². The standard InChI is InChI=1S/C18H18BrN3O3/c19-14-8-9-16(17(11-14)22(24)25)21-10-4-5-13(12-21)18(23)20-15-6-2-1-3-7-15/h1-3,6-9,11,13H,4-5,10,12H2,(H,20,23)/t13-/m1/s1. The summed E-state index contributed by atoms with van der Waals surface area (Å²) in [6.07, 6.45) is 1.60. The van der Waals surface area contributed by atoms with Crippen LogP contribution in [0.25, 0.3) is 0 Å². The van der Waals surface area contributed by atoms with Gasteiger partial charge in [-0.15, -0.1) is 0 Å². The third-order valence-electron chi connectivity index (χ3n) is 4.31. The smallest absolute Gasteiger partial charge is 0.293 e. The fraction of sp³-hybridized carbons (Fsp3) is 0.278. The summed E-state index contributed by atoms with van der Waals surface area (Å²) >= 11 is 3.27. The molecule has 1 N–H and O–H groups in total. The van der Waals surface area contributed by atoms with Gasteiger partial charge < -0.3 is 10.2 Å². The fourth-order valence-corrected chi connectivity index (χ4v) is 3.43. The molecule has 1 fully saturated rings. The minimum absolute atomic E-state index is 0.0457. The van der Waals surface area contributed by atoms with Crippen LogP contribution in [0.3, 0.4) is 0 Å². The average Bonchev–Trinajstić information content (AvgIpc) is 2.62. The maximum Gasteiger partial charge on any atom is 0.293 e. The molecule has 0 aliphatic carbocycles. The number of amides is 1. The van der Waals surface area contributed by atoms with Crippen molar-refractivity contribution >= 4 is 38.9 Å². The number of halogens is 1. The molecule has 0 unspecified atom stereocenters. The first-order valence-electron chi connectivity index (χ1n) is 8.09. The van der Waals surface area contributed by atoms with Crippen molar-refractivity contribution in [2.75, 3.05) is 23.3 Å². The van der Waals surface area contributed by atoms with E-state index in [1.165, 1.54) is 6.07 Å². The molecule has 3 rings (SSSR count). The van der Waals surface area contributed by atoms with E-state index in [0.717, 1.165) is 18.5 Å². The van der Waals surface area contributed by atoms with Crippen LogP contribution < -0.4 is 10.2 Å². The highest BCUT2D eigenvalue weighted by Gasteiger charge is 2.29. The van der Waals surface area contributed by atoms with Crippen LogP contribution >= 0.6 is 15.9 Å². The molecule has 1 saturated heterocycles. The first-order valence-corrected chi connectivity index (χ1v) is 8.88. The zero-order chi connectivity index (χ0) is 17.8. The molecule has 0 spiro atoms. The molecule has 0 bridgehead atoms. The second-order valence-electron chi connectivity index (χ2n) is 6.03. The maximum absolute atomic E-state index is 12.5. The van der Waals surface area contributed by atoms with Crippen molar-refractivity contribution in [2.45, 2.75) is 12.8 Å². The third kappa shape index (κ3) is 4.17. The molecule has 1 amide bonds. The molecule has 1 atom stereocenters. The lowest BCUT2D eigenvalue weighted by atomic mass is 9.96. The van der Waals surface area contributed by atoms with Crippen LogP contribution in [0.4, 0.5) is 17.1 Å². The van der Waals surface area contributed by atoms with Gasteiger partial charge in [-0.3, -0.25) is 14.9 Å². The molecule has 7 heteroatoms. The fourth-order valence-electron chi connectivity index (χ4n) is 3.09. The van der Waals surface area contributed by atoms with Crippen LogP contribution in [0.1, 0.15) is 12.8 Å². The zero-order valence-electron chi connectivity index (χ0n) is 13.5. The predicted octanol–water partition coefficient (Wildman–Crippen LogP) is 4.21. The number of piperidine rings is 1. The van der Waals surface area contributed by atoms with Crippen LogP contribution in [0.5, 0.6) is 0 Å². The molecule has 0 radical (unpaired) electrons. The number of nitrogens with zero attached hydrogens (tertiary/aromatic N) is 2. The van der Waals surface area contributed by atoms with Crippen LogP contribution in [-0.2, 0) is 4.79 Å². The minimum Gasteiger partial charge on any atom is -0.365 e. The van der Waals surface area contributed by atoms with Gasteiger partial charge in [0.05, 0.1) is 10.8 Å². The Kier molecular flexibility index (Phi) is 5.33. The van der Waals surface area contributed by atoms with Crippen LogP contribution in [0.2, 0.25) is 0 Å². The molecule has 0 aromatic heterocycles. The van der Waals surface area contributed by atoms with Gasteiger partial charge >= 0.3 is 0 Å². The Balaban J connectivity index is 1.75. The number of nitro benzene ring substituents is 1. The van der Waals surface area contributed by atoms with Crippen molar-refractivity contribution < 1.29 is 9.72 Å². The van der Waals surface area contributed by atoms with Crippen molar-refractivity contribution in [2.24, 2.45) is 5.92 Å². The molecule has 130 valence electrons. The summed E-state index contributed by atoms with van der Waals surface area (Å²) < 4.78 is 0.665. The summed E-state index contributed by atoms with van der Waals surface area (Å²) in [5, 5.41) is 14.3. The summed E-state index contributed by atoms with van der Waals surface area (Å²) in [4.78, 5) is 25.4. The number of rotatable bonds is 4. The van der Waals surface area contributed by atoms with E-state index in [1.54, 1.807) is 12.1 Å². The highest BCUT2D eigenvalue weighted by Crippen LogP contribution is 2.34. The van der Waals surface area contributed by atoms with Crippen molar-refractivity contribution in [3.63, 3.8) is 0 Å². The van der Waals surface area contributed by atoms with Gasteiger partial charge in [-0.2, -0.15) is 0 Å². The number of carbonyl (C=O) groups is 1. The molecular weight excluding hydrogens is 386 g/mol. The zero-order valence-corrected chi connectivity index (χ0v) is 15.1. The molecule has 2 aromatic rings. The first-order chi connectivity index (χ1) is 12.0. The number of nitrogens with one attached hydrogen (secondary N) is 1. The summed E-state index contributed by atoms with van der Waals surface area (Å²) in [7, 11) is 0. The molecular formula is C18H18BrN3O3. The summed E-state index contributed by atoms with van der Waals surface area (Å²) in [6.45, 7) is 1.18. The number of para-hydroxylation sites is 1. The minimum atomic E-state index is -0.381. The van der Waals surface area contributed by atoms with E-state index >= 15 is 0 Å². The number of nitro groups is 1. The van der Waals surface area contributed by atoms with Gasteiger partial charge in [-0.1, -0.05) is 34.1 Å². The van der Waals surface area contributed by atoms with E-state index in [9.17, 15) is 14.9 Å². The van der Waals surface area contributed by atoms with E-state index < -0.39 is 0 Å². The second kappa shape index (κ2) is 7.65. The van der Waals surface area contributed by atoms with Gasteiger partial charge in [0.25, 0.3) is 5.69 Å². The molecule has 6 nitrogen and oxygen atoms in total. The molecule has 1 heterocycles. The Morgan fingerprint density at radius 3 is 2.72 bits per heavy atom. The normalized spacial score (nSPS) is 17.2. The first kappa shape index (κ1) is 17.4. The summed E-state index contributed by atoms with van der Waals surface area (Å²) in [6, 6.07) is 14.3. The number of anilines is 2. The van der Waals surface area contributed by atoms with Gasteiger partial charge in [0.2, 0.25) is 5.91 Å². The summed E-state index contributed by atoms with van der Waals surface area (Å²) in [5.41, 5.74) is 1.38. The number of carbonyl (C=O) groups excluding carboxylic acids is 1. The Bertz CT molecular complexity index is 782. The van der Waals surface area contributed by atoms with Crippen molar-refractivity contribution in [1.82, 2.24) is 0 Å². The van der Waals surface area contributed by atoms with E-state index in [0.29, 0.717) is 23.2 Å². The van der Waals surface area contributed by atoms with Gasteiger partial charge in [0.15, 0.2) is 0 Å². The lowest BCUT2D eigenvalue weighted by Gasteiger charge is -2.33. The molecule has 2 aromatic carbocycles. The highest BCUT2D eigenvalue weighted by molar-refractivity contribution is 9.10. The molecule has 1 aliphatic heterocycles. The average molecular weight is 404 g/mol. The van der Waals surface area contributed by atoms with E-state index in [4.69, 9.17) is 0 Å². The topological polar surface area (TPSA) is 75.5 Å². The highest BCUT2D eigenvalue weighted by atomic mass is 79.9. The van der Waals surface area contributed by atoms with Gasteiger partial charge in [0, 0.05) is 29.3 Å². The monoisotopic (exact) mass is 403 g/mol. The Hall–Kier alpha value is -2.41. The van der Waals surface area contributed by atoms with Crippen molar-refractivity contribution in [3.8, 4) is 0 Å². The molecule has 25 heavy (non-hydrogen) atoms. The van der Waals surface area contributed by atoms with E-state index in [-0.39, 0.29) is 22.4 Å². The van der Waals surface area contributed by atoms with Crippen LogP contribution in [0, 0.1) is 16.0 Å². The lowest BCUT2D eigenvalue weighted by Crippen LogP contribution is -2.41. The van der Waals surface area contributed by atoms with Gasteiger partial charge in [-0.25, -0.2) is 0 Å². The SMILES string of the molecule is O=C(Nc1ccccc1)[C@@H]1CCCN(c2ccc(Br)cc2[N+](=O)[O-])C1. The molecule has 1 aliphatic rings. The largest absolute Gasteiger partial charge is 0.365 e. The Labute approximate surface area is 154 Å². The van der Waals surface area contributed by atoms with Crippen LogP contribution in [-0.4, -0.2) is 23.9 Å². The number of benzene rings is 2. The van der Waals surface area contributed by atoms with Crippen molar-refractivity contribution in [3.05, 3.63) is 63.1 Å². The Morgan fingerprint density at radius 2 is 2.00 bits per heavy atom. The Morgan fingerprint density at radius 1 is 1.24 bits per heavy atom. The van der Waals surface area contributed by atoms with Crippen molar-refractivity contribution in [1.29, 1.82) is 0 Å². The molecule has 0 saturated carbocycles. The third-order valence-corrected chi connectivity index (χ3v) is 4.80. The lowest BCUT2D eigenvalue weighted by molar-refractivity contribution is -0.384. The van der Waals surface area contributed by atoms with Gasteiger partial charge in [0.1, 0.15) is 5.69 Å². The van der Waals surface area contributed by atoms with E-state index in [1.807, 2.05) is 35.2 Å².